The highest BCUT2D eigenvalue weighted by atomic mass is 19.4. The number of halogens is 3. The van der Waals surface area contributed by atoms with Gasteiger partial charge in [-0.25, -0.2) is 0 Å². The molecule has 0 aromatic heterocycles. The SMILES string of the molecule is CCCCC(C)N[C@H](C(C)C)C(F)(F)F. The van der Waals surface area contributed by atoms with Crippen LogP contribution >= 0.6 is 0 Å². The molecule has 15 heavy (non-hydrogen) atoms. The molecule has 1 nitrogen and oxygen atoms in total. The first-order valence-corrected chi connectivity index (χ1v) is 5.61. The highest BCUT2D eigenvalue weighted by Gasteiger charge is 2.41. The second kappa shape index (κ2) is 6.36. The van der Waals surface area contributed by atoms with E-state index in [1.54, 1.807) is 13.8 Å². The van der Waals surface area contributed by atoms with Crippen molar-refractivity contribution in [2.24, 2.45) is 5.92 Å². The van der Waals surface area contributed by atoms with Crippen LogP contribution in [0, 0.1) is 5.92 Å². The van der Waals surface area contributed by atoms with E-state index >= 15 is 0 Å². The average Bonchev–Trinajstić information content (AvgIpc) is 2.08. The number of unbranched alkanes of at least 4 members (excludes halogenated alkanes) is 1. The van der Waals surface area contributed by atoms with Crippen LogP contribution in [0.5, 0.6) is 0 Å². The fraction of sp³-hybridized carbons (Fsp3) is 1.00. The van der Waals surface area contributed by atoms with Crippen LogP contribution in [0.25, 0.3) is 0 Å². The Bertz CT molecular complexity index is 166. The van der Waals surface area contributed by atoms with Crippen molar-refractivity contribution in [1.82, 2.24) is 5.32 Å². The maximum absolute atomic E-state index is 12.6. The molecule has 0 aromatic rings. The first kappa shape index (κ1) is 14.8. The highest BCUT2D eigenvalue weighted by Crippen LogP contribution is 2.26. The third-order valence-electron chi connectivity index (χ3n) is 2.47. The quantitative estimate of drug-likeness (QED) is 0.726. The number of hydrogen-bond donors (Lipinski definition) is 1. The number of rotatable bonds is 6. The molecule has 1 unspecified atom stereocenters. The van der Waals surface area contributed by atoms with Crippen LogP contribution in [-0.4, -0.2) is 18.3 Å². The van der Waals surface area contributed by atoms with Gasteiger partial charge in [-0.15, -0.1) is 0 Å². The second-order valence-electron chi connectivity index (χ2n) is 4.47. The molecule has 0 spiro atoms. The van der Waals surface area contributed by atoms with Crippen LogP contribution in [0.3, 0.4) is 0 Å². The van der Waals surface area contributed by atoms with E-state index in [0.29, 0.717) is 0 Å². The van der Waals surface area contributed by atoms with Crippen molar-refractivity contribution in [2.75, 3.05) is 0 Å². The molecule has 0 aliphatic rings. The second-order valence-corrected chi connectivity index (χ2v) is 4.47. The topological polar surface area (TPSA) is 12.0 Å². The van der Waals surface area contributed by atoms with Gasteiger partial charge in [0.2, 0.25) is 0 Å². The van der Waals surface area contributed by atoms with Crippen LogP contribution in [0.1, 0.15) is 47.0 Å². The van der Waals surface area contributed by atoms with Crippen molar-refractivity contribution < 1.29 is 13.2 Å². The Morgan fingerprint density at radius 2 is 1.67 bits per heavy atom. The number of alkyl halides is 3. The summed E-state index contributed by atoms with van der Waals surface area (Å²) in [4.78, 5) is 0. The summed E-state index contributed by atoms with van der Waals surface area (Å²) in [5.41, 5.74) is 0. The molecule has 0 heterocycles. The summed E-state index contributed by atoms with van der Waals surface area (Å²) < 4.78 is 37.8. The van der Waals surface area contributed by atoms with Crippen molar-refractivity contribution in [2.45, 2.75) is 65.2 Å². The molecule has 0 fully saturated rings. The molecule has 92 valence electrons. The number of hydrogen-bond acceptors (Lipinski definition) is 1. The maximum atomic E-state index is 12.6. The number of nitrogens with one attached hydrogen (secondary N) is 1. The molecule has 1 N–H and O–H groups in total. The first-order chi connectivity index (χ1) is 6.79. The molecule has 0 saturated carbocycles. The van der Waals surface area contributed by atoms with Gasteiger partial charge in [-0.05, 0) is 19.3 Å². The van der Waals surface area contributed by atoms with Gasteiger partial charge >= 0.3 is 6.18 Å². The monoisotopic (exact) mass is 225 g/mol. The molecule has 0 saturated heterocycles. The summed E-state index contributed by atoms with van der Waals surface area (Å²) in [7, 11) is 0. The maximum Gasteiger partial charge on any atom is 0.404 e. The highest BCUT2D eigenvalue weighted by molar-refractivity contribution is 4.80. The first-order valence-electron chi connectivity index (χ1n) is 5.61. The van der Waals surface area contributed by atoms with Gasteiger partial charge < -0.3 is 5.32 Å². The third-order valence-corrected chi connectivity index (χ3v) is 2.47. The molecule has 0 aromatic carbocycles. The van der Waals surface area contributed by atoms with Crippen LogP contribution in [0.2, 0.25) is 0 Å². The largest absolute Gasteiger partial charge is 0.404 e. The molecule has 2 atom stereocenters. The minimum atomic E-state index is -4.14. The summed E-state index contributed by atoms with van der Waals surface area (Å²) in [6.45, 7) is 7.04. The predicted molar refractivity (Wildman–Crippen MR) is 56.8 cm³/mol. The molecule has 0 radical (unpaired) electrons. The minimum absolute atomic E-state index is 0.0704. The van der Waals surface area contributed by atoms with Crippen molar-refractivity contribution >= 4 is 0 Å². The fourth-order valence-corrected chi connectivity index (χ4v) is 1.57. The Morgan fingerprint density at radius 3 is 2.00 bits per heavy atom. The molecule has 0 bridgehead atoms. The summed E-state index contributed by atoms with van der Waals surface area (Å²) >= 11 is 0. The van der Waals surface area contributed by atoms with Gasteiger partial charge in [0.15, 0.2) is 0 Å². The van der Waals surface area contributed by atoms with E-state index < -0.39 is 18.1 Å². The van der Waals surface area contributed by atoms with Gasteiger partial charge in [0.1, 0.15) is 6.04 Å². The third kappa shape index (κ3) is 6.03. The van der Waals surface area contributed by atoms with E-state index in [-0.39, 0.29) is 6.04 Å². The summed E-state index contributed by atoms with van der Waals surface area (Å²) in [5, 5.41) is 2.67. The lowest BCUT2D eigenvalue weighted by Gasteiger charge is -2.28. The molecule has 0 aliphatic carbocycles. The standard InChI is InChI=1S/C11H22F3N/c1-5-6-7-9(4)15-10(8(2)3)11(12,13)14/h8-10,15H,5-7H2,1-4H3/t9?,10-/m1/s1. The van der Waals surface area contributed by atoms with Crippen LogP contribution in [0.4, 0.5) is 13.2 Å². The van der Waals surface area contributed by atoms with Crippen LogP contribution in [-0.2, 0) is 0 Å². The molecular weight excluding hydrogens is 203 g/mol. The summed E-state index contributed by atoms with van der Waals surface area (Å²) in [5.74, 6) is -0.422. The van der Waals surface area contributed by atoms with E-state index in [4.69, 9.17) is 0 Å². The van der Waals surface area contributed by atoms with Gasteiger partial charge in [-0.2, -0.15) is 13.2 Å². The van der Waals surface area contributed by atoms with Crippen LogP contribution < -0.4 is 5.32 Å². The molecular formula is C11H22F3N. The van der Waals surface area contributed by atoms with E-state index in [1.165, 1.54) is 0 Å². The average molecular weight is 225 g/mol. The fourth-order valence-electron chi connectivity index (χ4n) is 1.57. The molecule has 0 amide bonds. The van der Waals surface area contributed by atoms with Gasteiger partial charge in [0.25, 0.3) is 0 Å². The van der Waals surface area contributed by atoms with Gasteiger partial charge in [0, 0.05) is 6.04 Å². The van der Waals surface area contributed by atoms with E-state index in [1.807, 2.05) is 13.8 Å². The lowest BCUT2D eigenvalue weighted by Crippen LogP contribution is -2.49. The van der Waals surface area contributed by atoms with Crippen molar-refractivity contribution in [3.8, 4) is 0 Å². The zero-order valence-corrected chi connectivity index (χ0v) is 9.99. The lowest BCUT2D eigenvalue weighted by molar-refractivity contribution is -0.167. The molecule has 4 heteroatoms. The van der Waals surface area contributed by atoms with Gasteiger partial charge in [-0.3, -0.25) is 0 Å². The molecule has 0 rings (SSSR count). The molecule has 0 aliphatic heterocycles. The van der Waals surface area contributed by atoms with E-state index in [9.17, 15) is 13.2 Å². The van der Waals surface area contributed by atoms with Gasteiger partial charge in [0.05, 0.1) is 0 Å². The Labute approximate surface area is 90.4 Å². The van der Waals surface area contributed by atoms with E-state index in [0.717, 1.165) is 19.3 Å². The Balaban J connectivity index is 4.17. The van der Waals surface area contributed by atoms with Crippen molar-refractivity contribution in [3.63, 3.8) is 0 Å². The van der Waals surface area contributed by atoms with Crippen molar-refractivity contribution in [1.29, 1.82) is 0 Å². The van der Waals surface area contributed by atoms with Gasteiger partial charge in [-0.1, -0.05) is 33.6 Å². The summed E-state index contributed by atoms with van der Waals surface area (Å²) in [6, 6.07) is -1.46. The zero-order chi connectivity index (χ0) is 12.1. The Morgan fingerprint density at radius 1 is 1.13 bits per heavy atom. The van der Waals surface area contributed by atoms with Crippen molar-refractivity contribution in [3.05, 3.63) is 0 Å². The van der Waals surface area contributed by atoms with E-state index in [2.05, 4.69) is 5.32 Å². The smallest absolute Gasteiger partial charge is 0.303 e. The minimum Gasteiger partial charge on any atom is -0.303 e. The Kier molecular flexibility index (Phi) is 6.25. The zero-order valence-electron chi connectivity index (χ0n) is 9.99. The normalized spacial score (nSPS) is 16.8. The Hall–Kier alpha value is -0.250. The van der Waals surface area contributed by atoms with Crippen LogP contribution in [0.15, 0.2) is 0 Å². The predicted octanol–water partition coefficient (Wildman–Crippen LogP) is 3.74. The lowest BCUT2D eigenvalue weighted by atomic mass is 10.0. The summed E-state index contributed by atoms with van der Waals surface area (Å²) in [6.07, 6.45) is -1.36.